The Labute approximate surface area is 157 Å². The molecule has 0 aliphatic carbocycles. The van der Waals surface area contributed by atoms with Gasteiger partial charge in [-0.1, -0.05) is 47.1 Å². The molecule has 6 heteroatoms. The standard InChI is InChI=1S/C20H21N3O2S/c1-13-5-8-16(9-6-13)20-22-19(25-23-20)12-26-11-18(24)21-17-10-14(2)4-7-15(17)3/h4-10H,11-12H2,1-3H3,(H,21,24). The first kappa shape index (κ1) is 18.2. The summed E-state index contributed by atoms with van der Waals surface area (Å²) >= 11 is 1.45. The van der Waals surface area contributed by atoms with E-state index in [9.17, 15) is 4.79 Å². The van der Waals surface area contributed by atoms with Crippen LogP contribution in [0.1, 0.15) is 22.6 Å². The van der Waals surface area contributed by atoms with E-state index in [0.717, 1.165) is 22.4 Å². The van der Waals surface area contributed by atoms with Gasteiger partial charge in [0.2, 0.25) is 17.6 Å². The van der Waals surface area contributed by atoms with Gasteiger partial charge in [-0.2, -0.15) is 4.98 Å². The highest BCUT2D eigenvalue weighted by molar-refractivity contribution is 7.99. The first-order chi connectivity index (χ1) is 12.5. The van der Waals surface area contributed by atoms with Crippen molar-refractivity contribution in [3.8, 4) is 11.4 Å². The Balaban J connectivity index is 1.51. The minimum Gasteiger partial charge on any atom is -0.338 e. The molecule has 0 unspecified atom stereocenters. The predicted octanol–water partition coefficient (Wildman–Crippen LogP) is 4.53. The van der Waals surface area contributed by atoms with E-state index < -0.39 is 0 Å². The van der Waals surface area contributed by atoms with Crippen LogP contribution in [0.15, 0.2) is 47.0 Å². The summed E-state index contributed by atoms with van der Waals surface area (Å²) in [4.78, 5) is 16.5. The quantitative estimate of drug-likeness (QED) is 0.693. The lowest BCUT2D eigenvalue weighted by atomic mass is 10.1. The van der Waals surface area contributed by atoms with Crippen LogP contribution >= 0.6 is 11.8 Å². The van der Waals surface area contributed by atoms with Crippen molar-refractivity contribution in [2.45, 2.75) is 26.5 Å². The fourth-order valence-corrected chi connectivity index (χ4v) is 3.07. The van der Waals surface area contributed by atoms with Crippen molar-refractivity contribution in [1.29, 1.82) is 0 Å². The van der Waals surface area contributed by atoms with Gasteiger partial charge in [0.15, 0.2) is 0 Å². The summed E-state index contributed by atoms with van der Waals surface area (Å²) in [5.41, 5.74) is 5.13. The number of aryl methyl sites for hydroxylation is 3. The first-order valence-electron chi connectivity index (χ1n) is 8.36. The molecule has 1 amide bonds. The molecule has 0 saturated carbocycles. The van der Waals surface area contributed by atoms with E-state index in [1.54, 1.807) is 0 Å². The summed E-state index contributed by atoms with van der Waals surface area (Å²) in [7, 11) is 0. The van der Waals surface area contributed by atoms with Crippen LogP contribution in [-0.2, 0) is 10.5 Å². The zero-order valence-electron chi connectivity index (χ0n) is 15.1. The molecule has 0 bridgehead atoms. The zero-order chi connectivity index (χ0) is 18.5. The lowest BCUT2D eigenvalue weighted by molar-refractivity contribution is -0.113. The maximum Gasteiger partial charge on any atom is 0.236 e. The first-order valence-corrected chi connectivity index (χ1v) is 9.51. The maximum atomic E-state index is 12.1. The van der Waals surface area contributed by atoms with Crippen LogP contribution < -0.4 is 5.32 Å². The molecule has 134 valence electrons. The monoisotopic (exact) mass is 367 g/mol. The second-order valence-corrected chi connectivity index (χ2v) is 7.22. The predicted molar refractivity (Wildman–Crippen MR) is 105 cm³/mol. The highest BCUT2D eigenvalue weighted by Crippen LogP contribution is 2.20. The fraction of sp³-hybridized carbons (Fsp3) is 0.250. The molecule has 5 nitrogen and oxygen atoms in total. The highest BCUT2D eigenvalue weighted by Gasteiger charge is 2.10. The molecular formula is C20H21N3O2S. The Morgan fingerprint density at radius 1 is 1.08 bits per heavy atom. The SMILES string of the molecule is Cc1ccc(-c2noc(CSCC(=O)Nc3cc(C)ccc3C)n2)cc1. The third-order valence-electron chi connectivity index (χ3n) is 3.90. The molecule has 0 aliphatic heterocycles. The van der Waals surface area contributed by atoms with Gasteiger partial charge in [-0.3, -0.25) is 4.79 Å². The van der Waals surface area contributed by atoms with Gasteiger partial charge in [0.1, 0.15) is 0 Å². The molecule has 0 fully saturated rings. The van der Waals surface area contributed by atoms with Crippen molar-refractivity contribution in [2.24, 2.45) is 0 Å². The van der Waals surface area contributed by atoms with Crippen LogP contribution in [0, 0.1) is 20.8 Å². The molecule has 3 aromatic rings. The van der Waals surface area contributed by atoms with E-state index in [1.807, 2.05) is 63.2 Å². The van der Waals surface area contributed by atoms with E-state index in [0.29, 0.717) is 23.2 Å². The van der Waals surface area contributed by atoms with Crippen molar-refractivity contribution in [2.75, 3.05) is 11.1 Å². The summed E-state index contributed by atoms with van der Waals surface area (Å²) in [5, 5.41) is 6.95. The van der Waals surface area contributed by atoms with Crippen molar-refractivity contribution in [3.05, 3.63) is 65.0 Å². The van der Waals surface area contributed by atoms with E-state index in [-0.39, 0.29) is 5.91 Å². The molecule has 1 aromatic heterocycles. The number of nitrogens with one attached hydrogen (secondary N) is 1. The summed E-state index contributed by atoms with van der Waals surface area (Å²) in [6.45, 7) is 6.02. The van der Waals surface area contributed by atoms with Crippen LogP contribution in [0.4, 0.5) is 5.69 Å². The van der Waals surface area contributed by atoms with Gasteiger partial charge in [-0.05, 0) is 38.0 Å². The molecule has 26 heavy (non-hydrogen) atoms. The Hall–Kier alpha value is -2.60. The molecular weight excluding hydrogens is 346 g/mol. The summed E-state index contributed by atoms with van der Waals surface area (Å²) in [6.07, 6.45) is 0. The number of anilines is 1. The number of rotatable bonds is 6. The molecule has 2 aromatic carbocycles. The van der Waals surface area contributed by atoms with E-state index in [2.05, 4.69) is 15.5 Å². The number of thioether (sulfide) groups is 1. The van der Waals surface area contributed by atoms with Crippen LogP contribution in [0.2, 0.25) is 0 Å². The van der Waals surface area contributed by atoms with Crippen LogP contribution in [-0.4, -0.2) is 21.8 Å². The highest BCUT2D eigenvalue weighted by atomic mass is 32.2. The molecule has 0 saturated heterocycles. The van der Waals surface area contributed by atoms with Gasteiger partial charge in [0.25, 0.3) is 0 Å². The molecule has 0 spiro atoms. The molecule has 0 atom stereocenters. The van der Waals surface area contributed by atoms with Gasteiger partial charge in [0.05, 0.1) is 11.5 Å². The second kappa shape index (κ2) is 8.19. The second-order valence-electron chi connectivity index (χ2n) is 6.24. The molecule has 0 aliphatic rings. The number of carbonyl (C=O) groups excluding carboxylic acids is 1. The van der Waals surface area contributed by atoms with E-state index >= 15 is 0 Å². The molecule has 1 heterocycles. The average molecular weight is 367 g/mol. The van der Waals surface area contributed by atoms with Crippen molar-refractivity contribution in [3.63, 3.8) is 0 Å². The Morgan fingerprint density at radius 2 is 1.81 bits per heavy atom. The van der Waals surface area contributed by atoms with E-state index in [1.165, 1.54) is 17.3 Å². The lowest BCUT2D eigenvalue weighted by Crippen LogP contribution is -2.15. The third-order valence-corrected chi connectivity index (χ3v) is 4.82. The van der Waals surface area contributed by atoms with Gasteiger partial charge in [0, 0.05) is 11.3 Å². The topological polar surface area (TPSA) is 68.0 Å². The smallest absolute Gasteiger partial charge is 0.236 e. The Kier molecular flexibility index (Phi) is 5.73. The number of nitrogens with zero attached hydrogens (tertiary/aromatic N) is 2. The summed E-state index contributed by atoms with van der Waals surface area (Å²) < 4.78 is 5.27. The lowest BCUT2D eigenvalue weighted by Gasteiger charge is -2.08. The number of hydrogen-bond donors (Lipinski definition) is 1. The summed E-state index contributed by atoms with van der Waals surface area (Å²) in [5.74, 6) is 1.88. The van der Waals surface area contributed by atoms with Crippen molar-refractivity contribution >= 4 is 23.4 Å². The van der Waals surface area contributed by atoms with Crippen LogP contribution in [0.5, 0.6) is 0 Å². The normalized spacial score (nSPS) is 10.7. The Morgan fingerprint density at radius 3 is 2.58 bits per heavy atom. The fourth-order valence-electron chi connectivity index (χ4n) is 2.42. The third kappa shape index (κ3) is 4.73. The van der Waals surface area contributed by atoms with Crippen molar-refractivity contribution < 1.29 is 9.32 Å². The van der Waals surface area contributed by atoms with Gasteiger partial charge >= 0.3 is 0 Å². The number of carbonyl (C=O) groups is 1. The number of amides is 1. The number of hydrogen-bond acceptors (Lipinski definition) is 5. The largest absolute Gasteiger partial charge is 0.338 e. The molecule has 3 rings (SSSR count). The van der Waals surface area contributed by atoms with Gasteiger partial charge < -0.3 is 9.84 Å². The van der Waals surface area contributed by atoms with Crippen LogP contribution in [0.3, 0.4) is 0 Å². The van der Waals surface area contributed by atoms with Gasteiger partial charge in [-0.15, -0.1) is 11.8 Å². The average Bonchev–Trinajstić information content (AvgIpc) is 3.08. The van der Waals surface area contributed by atoms with E-state index in [4.69, 9.17) is 4.52 Å². The minimum absolute atomic E-state index is 0.0398. The Bertz CT molecular complexity index is 904. The van der Waals surface area contributed by atoms with Gasteiger partial charge in [-0.25, -0.2) is 0 Å². The number of aromatic nitrogens is 2. The zero-order valence-corrected chi connectivity index (χ0v) is 15.9. The van der Waals surface area contributed by atoms with Crippen molar-refractivity contribution in [1.82, 2.24) is 10.1 Å². The van der Waals surface area contributed by atoms with Crippen LogP contribution in [0.25, 0.3) is 11.4 Å². The number of benzene rings is 2. The molecule has 0 radical (unpaired) electrons. The molecule has 1 N–H and O–H groups in total. The maximum absolute atomic E-state index is 12.1. The summed E-state index contributed by atoms with van der Waals surface area (Å²) in [6, 6.07) is 14.0. The minimum atomic E-state index is -0.0398.